The van der Waals surface area contributed by atoms with Crippen molar-refractivity contribution in [3.8, 4) is 0 Å². The van der Waals surface area contributed by atoms with Crippen LogP contribution in [0.1, 0.15) is 11.4 Å². The molecule has 0 spiro atoms. The second-order valence-corrected chi connectivity index (χ2v) is 4.11. The first kappa shape index (κ1) is 8.10. The summed E-state index contributed by atoms with van der Waals surface area (Å²) in [6.45, 7) is 0.219. The summed E-state index contributed by atoms with van der Waals surface area (Å²) < 4.78 is 0.806. The van der Waals surface area contributed by atoms with E-state index in [0.717, 1.165) is 21.8 Å². The van der Waals surface area contributed by atoms with Gasteiger partial charge < -0.3 is 5.11 Å². The Balaban J connectivity index is 2.42. The van der Waals surface area contributed by atoms with Gasteiger partial charge in [-0.15, -0.1) is 10.2 Å². The predicted octanol–water partition coefficient (Wildman–Crippen LogP) is 1.23. The third kappa shape index (κ3) is 2.32. The maximum absolute atomic E-state index is 8.48. The van der Waals surface area contributed by atoms with Gasteiger partial charge in [-0.25, -0.2) is 0 Å². The average molecular weight is 223 g/mol. The highest BCUT2D eigenvalue weighted by Crippen LogP contribution is 2.16. The van der Waals surface area contributed by atoms with Gasteiger partial charge in [-0.05, 0) is 22.4 Å². The summed E-state index contributed by atoms with van der Waals surface area (Å²) in [7, 11) is 0. The molecule has 0 aliphatic carbocycles. The second kappa shape index (κ2) is 4.00. The molecule has 0 radical (unpaired) electrons. The Kier molecular flexibility index (Phi) is 3.24. The first-order valence-corrected chi connectivity index (χ1v) is 4.52. The molecule has 1 rings (SSSR count). The standard InChI is InChI=1S/C5H7BrN2OS/c6-5-8-7-4(10-5)2-1-3-9/h9H,1-3H2. The lowest BCUT2D eigenvalue weighted by atomic mass is 10.3. The molecule has 1 heterocycles. The van der Waals surface area contributed by atoms with E-state index >= 15 is 0 Å². The van der Waals surface area contributed by atoms with Crippen LogP contribution in [0.2, 0.25) is 0 Å². The summed E-state index contributed by atoms with van der Waals surface area (Å²) in [5, 5.41) is 17.1. The molecule has 1 aromatic heterocycles. The van der Waals surface area contributed by atoms with Crippen LogP contribution in [-0.4, -0.2) is 21.9 Å². The fourth-order valence-electron chi connectivity index (χ4n) is 0.564. The number of rotatable bonds is 3. The summed E-state index contributed by atoms with van der Waals surface area (Å²) in [5.74, 6) is 0. The van der Waals surface area contributed by atoms with E-state index < -0.39 is 0 Å². The lowest BCUT2D eigenvalue weighted by Gasteiger charge is -1.87. The molecule has 0 fully saturated rings. The predicted molar refractivity (Wildman–Crippen MR) is 43.0 cm³/mol. The van der Waals surface area contributed by atoms with Crippen molar-refractivity contribution in [2.24, 2.45) is 0 Å². The van der Waals surface area contributed by atoms with Gasteiger partial charge in [0.25, 0.3) is 0 Å². The zero-order chi connectivity index (χ0) is 7.40. The van der Waals surface area contributed by atoms with Crippen LogP contribution in [0.4, 0.5) is 0 Å². The summed E-state index contributed by atoms with van der Waals surface area (Å²) in [6.07, 6.45) is 1.58. The highest BCUT2D eigenvalue weighted by atomic mass is 79.9. The van der Waals surface area contributed by atoms with Gasteiger partial charge in [0.05, 0.1) is 0 Å². The van der Waals surface area contributed by atoms with Gasteiger partial charge in [0.2, 0.25) is 0 Å². The Hall–Kier alpha value is -0.0000000000000000833. The summed E-state index contributed by atoms with van der Waals surface area (Å²) in [6, 6.07) is 0. The van der Waals surface area contributed by atoms with Crippen LogP contribution in [0.5, 0.6) is 0 Å². The SMILES string of the molecule is OCCCc1nnc(Br)s1. The molecule has 0 bridgehead atoms. The molecule has 0 saturated carbocycles. The van der Waals surface area contributed by atoms with Crippen LogP contribution >= 0.6 is 27.3 Å². The highest BCUT2D eigenvalue weighted by Gasteiger charge is 1.99. The van der Waals surface area contributed by atoms with Crippen molar-refractivity contribution in [1.29, 1.82) is 0 Å². The molecule has 0 atom stereocenters. The number of hydrogen-bond donors (Lipinski definition) is 1. The second-order valence-electron chi connectivity index (χ2n) is 1.78. The van der Waals surface area contributed by atoms with Crippen molar-refractivity contribution in [3.05, 3.63) is 8.92 Å². The largest absolute Gasteiger partial charge is 0.396 e. The molecular formula is C5H7BrN2OS. The van der Waals surface area contributed by atoms with E-state index in [0.29, 0.717) is 0 Å². The lowest BCUT2D eigenvalue weighted by molar-refractivity contribution is 0.288. The van der Waals surface area contributed by atoms with Gasteiger partial charge in [-0.1, -0.05) is 11.3 Å². The van der Waals surface area contributed by atoms with E-state index in [1.54, 1.807) is 0 Å². The average Bonchev–Trinajstić information content (AvgIpc) is 2.31. The Morgan fingerprint density at radius 3 is 2.80 bits per heavy atom. The normalized spacial score (nSPS) is 10.2. The summed E-state index contributed by atoms with van der Waals surface area (Å²) in [4.78, 5) is 0. The molecule has 10 heavy (non-hydrogen) atoms. The Morgan fingerprint density at radius 1 is 1.50 bits per heavy atom. The topological polar surface area (TPSA) is 46.0 Å². The highest BCUT2D eigenvalue weighted by molar-refractivity contribution is 9.11. The molecule has 56 valence electrons. The number of aliphatic hydroxyl groups is 1. The fraction of sp³-hybridized carbons (Fsp3) is 0.600. The molecule has 0 amide bonds. The van der Waals surface area contributed by atoms with E-state index in [1.165, 1.54) is 11.3 Å². The lowest BCUT2D eigenvalue weighted by Crippen LogP contribution is -1.87. The van der Waals surface area contributed by atoms with Crippen molar-refractivity contribution in [2.45, 2.75) is 12.8 Å². The van der Waals surface area contributed by atoms with Crippen molar-refractivity contribution in [2.75, 3.05) is 6.61 Å². The van der Waals surface area contributed by atoms with Crippen LogP contribution in [0.25, 0.3) is 0 Å². The van der Waals surface area contributed by atoms with Gasteiger partial charge >= 0.3 is 0 Å². The number of halogens is 1. The number of nitrogens with zero attached hydrogens (tertiary/aromatic N) is 2. The van der Waals surface area contributed by atoms with Crippen LogP contribution in [0, 0.1) is 0 Å². The van der Waals surface area contributed by atoms with Crippen LogP contribution in [0.3, 0.4) is 0 Å². The van der Waals surface area contributed by atoms with Crippen molar-refractivity contribution < 1.29 is 5.11 Å². The molecular weight excluding hydrogens is 216 g/mol. The smallest absolute Gasteiger partial charge is 0.183 e. The van der Waals surface area contributed by atoms with Gasteiger partial charge in [0.1, 0.15) is 5.01 Å². The molecule has 3 nitrogen and oxygen atoms in total. The first-order chi connectivity index (χ1) is 4.83. The van der Waals surface area contributed by atoms with E-state index in [4.69, 9.17) is 5.11 Å². The summed E-state index contributed by atoms with van der Waals surface area (Å²) in [5.41, 5.74) is 0. The summed E-state index contributed by atoms with van der Waals surface area (Å²) >= 11 is 4.72. The molecule has 0 aromatic carbocycles. The monoisotopic (exact) mass is 222 g/mol. The molecule has 0 aliphatic rings. The van der Waals surface area contributed by atoms with Crippen molar-refractivity contribution in [3.63, 3.8) is 0 Å². The Labute approximate surface area is 71.2 Å². The third-order valence-electron chi connectivity index (χ3n) is 0.991. The minimum Gasteiger partial charge on any atom is -0.396 e. The molecule has 1 aromatic rings. The van der Waals surface area contributed by atoms with E-state index in [9.17, 15) is 0 Å². The van der Waals surface area contributed by atoms with Crippen molar-refractivity contribution in [1.82, 2.24) is 10.2 Å². The van der Waals surface area contributed by atoms with Gasteiger partial charge in [0.15, 0.2) is 3.92 Å². The van der Waals surface area contributed by atoms with E-state index in [2.05, 4.69) is 26.1 Å². The van der Waals surface area contributed by atoms with E-state index in [-0.39, 0.29) is 6.61 Å². The molecule has 1 N–H and O–H groups in total. The van der Waals surface area contributed by atoms with E-state index in [1.807, 2.05) is 0 Å². The zero-order valence-electron chi connectivity index (χ0n) is 5.25. The fourth-order valence-corrected chi connectivity index (χ4v) is 1.81. The van der Waals surface area contributed by atoms with Crippen LogP contribution in [0.15, 0.2) is 3.92 Å². The van der Waals surface area contributed by atoms with Crippen LogP contribution in [-0.2, 0) is 6.42 Å². The number of aliphatic hydroxyl groups excluding tert-OH is 1. The Morgan fingerprint density at radius 2 is 2.30 bits per heavy atom. The molecule has 0 saturated heterocycles. The third-order valence-corrected chi connectivity index (χ3v) is 2.41. The minimum absolute atomic E-state index is 0.219. The maximum atomic E-state index is 8.48. The van der Waals surface area contributed by atoms with Crippen LogP contribution < -0.4 is 0 Å². The van der Waals surface area contributed by atoms with Gasteiger partial charge in [-0.2, -0.15) is 0 Å². The zero-order valence-corrected chi connectivity index (χ0v) is 7.65. The number of hydrogen-bond acceptors (Lipinski definition) is 4. The molecule has 0 unspecified atom stereocenters. The maximum Gasteiger partial charge on any atom is 0.183 e. The molecule has 5 heteroatoms. The number of aryl methyl sites for hydroxylation is 1. The van der Waals surface area contributed by atoms with Gasteiger partial charge in [-0.3, -0.25) is 0 Å². The van der Waals surface area contributed by atoms with Gasteiger partial charge in [0, 0.05) is 13.0 Å². The first-order valence-electron chi connectivity index (χ1n) is 2.91. The number of aromatic nitrogens is 2. The quantitative estimate of drug-likeness (QED) is 0.838. The Bertz CT molecular complexity index is 203. The molecule has 0 aliphatic heterocycles. The minimum atomic E-state index is 0.219. The van der Waals surface area contributed by atoms with Crippen molar-refractivity contribution >= 4 is 27.3 Å².